The maximum absolute atomic E-state index is 10.3. The zero-order chi connectivity index (χ0) is 13.1. The lowest BCUT2D eigenvalue weighted by Gasteiger charge is -2.33. The summed E-state index contributed by atoms with van der Waals surface area (Å²) in [5.41, 5.74) is 1.23. The molecule has 4 heteroatoms. The number of aliphatic hydroxyl groups is 1. The van der Waals surface area contributed by atoms with Crippen molar-refractivity contribution in [2.45, 2.75) is 38.0 Å². The molecule has 2 aliphatic rings. The summed E-state index contributed by atoms with van der Waals surface area (Å²) in [6.07, 6.45) is 7.44. The molecule has 2 saturated heterocycles. The fourth-order valence-corrected chi connectivity index (χ4v) is 3.33. The molecule has 0 bridgehead atoms. The predicted octanol–water partition coefficient (Wildman–Crippen LogP) is 1.11. The molecule has 0 unspecified atom stereocenters. The van der Waals surface area contributed by atoms with Gasteiger partial charge in [0.2, 0.25) is 0 Å². The standard InChI is InChI=1S/C15H23N3O/c19-15-12-17(10-13-5-4-6-16-9-13)11-14(15)18-7-2-1-3-8-18/h4-6,9,14-15,19H,1-3,7-8,10-12H2/t14-,15-/m1/s1. The second-order valence-corrected chi connectivity index (χ2v) is 5.79. The normalized spacial score (nSPS) is 29.7. The Hall–Kier alpha value is -0.970. The Bertz CT molecular complexity index is 392. The van der Waals surface area contributed by atoms with E-state index in [2.05, 4.69) is 20.9 Å². The number of nitrogens with zero attached hydrogens (tertiary/aromatic N) is 3. The maximum atomic E-state index is 10.3. The smallest absolute Gasteiger partial charge is 0.0834 e. The van der Waals surface area contributed by atoms with Crippen LogP contribution < -0.4 is 0 Å². The topological polar surface area (TPSA) is 39.6 Å². The van der Waals surface area contributed by atoms with Gasteiger partial charge in [-0.15, -0.1) is 0 Å². The quantitative estimate of drug-likeness (QED) is 0.885. The molecule has 1 N–H and O–H groups in total. The molecular formula is C15H23N3O. The van der Waals surface area contributed by atoms with Crippen molar-refractivity contribution in [2.75, 3.05) is 26.2 Å². The highest BCUT2D eigenvalue weighted by Crippen LogP contribution is 2.21. The van der Waals surface area contributed by atoms with Crippen LogP contribution in [0.3, 0.4) is 0 Å². The van der Waals surface area contributed by atoms with Crippen LogP contribution >= 0.6 is 0 Å². The van der Waals surface area contributed by atoms with Crippen LogP contribution in [-0.4, -0.2) is 58.2 Å². The lowest BCUT2D eigenvalue weighted by Crippen LogP contribution is -2.45. The first kappa shape index (κ1) is 13.0. The van der Waals surface area contributed by atoms with Gasteiger partial charge in [-0.3, -0.25) is 14.8 Å². The van der Waals surface area contributed by atoms with Crippen molar-refractivity contribution in [1.82, 2.24) is 14.8 Å². The van der Waals surface area contributed by atoms with Crippen LogP contribution in [-0.2, 0) is 6.54 Å². The Morgan fingerprint density at radius 3 is 2.79 bits per heavy atom. The van der Waals surface area contributed by atoms with Crippen molar-refractivity contribution >= 4 is 0 Å². The number of hydrogen-bond donors (Lipinski definition) is 1. The van der Waals surface area contributed by atoms with Gasteiger partial charge in [-0.05, 0) is 37.6 Å². The Balaban J connectivity index is 1.58. The van der Waals surface area contributed by atoms with E-state index in [1.807, 2.05) is 12.3 Å². The third-order valence-corrected chi connectivity index (χ3v) is 4.32. The summed E-state index contributed by atoms with van der Waals surface area (Å²) < 4.78 is 0. The molecule has 1 aromatic heterocycles. The third-order valence-electron chi connectivity index (χ3n) is 4.32. The fourth-order valence-electron chi connectivity index (χ4n) is 3.33. The highest BCUT2D eigenvalue weighted by molar-refractivity contribution is 5.09. The minimum Gasteiger partial charge on any atom is -0.390 e. The van der Waals surface area contributed by atoms with Crippen LogP contribution in [0.15, 0.2) is 24.5 Å². The SMILES string of the molecule is O[C@@H]1CN(Cc2cccnc2)C[C@H]1N1CCCCC1. The molecule has 2 fully saturated rings. The van der Waals surface area contributed by atoms with Crippen molar-refractivity contribution < 1.29 is 5.11 Å². The van der Waals surface area contributed by atoms with Gasteiger partial charge in [0.05, 0.1) is 6.10 Å². The van der Waals surface area contributed by atoms with Crippen molar-refractivity contribution in [3.63, 3.8) is 0 Å². The van der Waals surface area contributed by atoms with Crippen molar-refractivity contribution in [2.24, 2.45) is 0 Å². The summed E-state index contributed by atoms with van der Waals surface area (Å²) >= 11 is 0. The maximum Gasteiger partial charge on any atom is 0.0834 e. The van der Waals surface area contributed by atoms with Gasteiger partial charge >= 0.3 is 0 Å². The van der Waals surface area contributed by atoms with Crippen molar-refractivity contribution in [3.05, 3.63) is 30.1 Å². The molecule has 3 heterocycles. The molecule has 4 nitrogen and oxygen atoms in total. The fraction of sp³-hybridized carbons (Fsp3) is 0.667. The van der Waals surface area contributed by atoms with Crippen LogP contribution in [0.2, 0.25) is 0 Å². The molecular weight excluding hydrogens is 238 g/mol. The number of aromatic nitrogens is 1. The van der Waals surface area contributed by atoms with Crippen molar-refractivity contribution in [1.29, 1.82) is 0 Å². The number of β-amino-alcohol motifs (C(OH)–C–C–N with tert-alkyl or cyclic N) is 1. The molecule has 0 amide bonds. The van der Waals surface area contributed by atoms with E-state index >= 15 is 0 Å². The summed E-state index contributed by atoms with van der Waals surface area (Å²) in [4.78, 5) is 8.99. The van der Waals surface area contributed by atoms with E-state index in [-0.39, 0.29) is 6.10 Å². The van der Waals surface area contributed by atoms with Gasteiger partial charge in [-0.1, -0.05) is 12.5 Å². The predicted molar refractivity (Wildman–Crippen MR) is 74.7 cm³/mol. The zero-order valence-corrected chi connectivity index (χ0v) is 11.4. The highest BCUT2D eigenvalue weighted by atomic mass is 16.3. The number of aliphatic hydroxyl groups excluding tert-OH is 1. The van der Waals surface area contributed by atoms with E-state index in [0.717, 1.165) is 32.7 Å². The molecule has 2 aliphatic heterocycles. The number of hydrogen-bond acceptors (Lipinski definition) is 4. The van der Waals surface area contributed by atoms with Crippen LogP contribution in [0.4, 0.5) is 0 Å². The molecule has 0 aliphatic carbocycles. The molecule has 3 rings (SSSR count). The lowest BCUT2D eigenvalue weighted by molar-refractivity contribution is 0.0706. The number of likely N-dealkylation sites (tertiary alicyclic amines) is 2. The lowest BCUT2D eigenvalue weighted by atomic mass is 10.1. The van der Waals surface area contributed by atoms with Crippen molar-refractivity contribution in [3.8, 4) is 0 Å². The minimum absolute atomic E-state index is 0.199. The van der Waals surface area contributed by atoms with E-state index in [9.17, 15) is 5.11 Å². The largest absolute Gasteiger partial charge is 0.390 e. The van der Waals surface area contributed by atoms with Gasteiger partial charge in [0.1, 0.15) is 0 Å². The molecule has 104 valence electrons. The summed E-state index contributed by atoms with van der Waals surface area (Å²) in [5, 5.41) is 10.3. The van der Waals surface area contributed by atoms with E-state index in [1.54, 1.807) is 6.20 Å². The Kier molecular flexibility index (Phi) is 4.11. The first-order valence-corrected chi connectivity index (χ1v) is 7.36. The summed E-state index contributed by atoms with van der Waals surface area (Å²) in [7, 11) is 0. The van der Waals surface area contributed by atoms with E-state index in [4.69, 9.17) is 0 Å². The van der Waals surface area contributed by atoms with Crippen LogP contribution in [0.5, 0.6) is 0 Å². The van der Waals surface area contributed by atoms with Gasteiger partial charge in [-0.2, -0.15) is 0 Å². The summed E-state index contributed by atoms with van der Waals surface area (Å²) in [6, 6.07) is 4.41. The molecule has 0 spiro atoms. The second kappa shape index (κ2) is 5.99. The molecule has 0 saturated carbocycles. The van der Waals surface area contributed by atoms with Gasteiger partial charge in [0, 0.05) is 38.1 Å². The summed E-state index contributed by atoms with van der Waals surface area (Å²) in [5.74, 6) is 0. The average molecular weight is 261 g/mol. The Labute approximate surface area is 115 Å². The summed E-state index contributed by atoms with van der Waals surface area (Å²) in [6.45, 7) is 4.98. The average Bonchev–Trinajstić information content (AvgIpc) is 2.82. The zero-order valence-electron chi connectivity index (χ0n) is 11.4. The first-order valence-electron chi connectivity index (χ1n) is 7.36. The van der Waals surface area contributed by atoms with Crippen LogP contribution in [0.25, 0.3) is 0 Å². The van der Waals surface area contributed by atoms with E-state index in [0.29, 0.717) is 6.04 Å². The van der Waals surface area contributed by atoms with Gasteiger partial charge in [0.25, 0.3) is 0 Å². The van der Waals surface area contributed by atoms with Gasteiger partial charge in [0.15, 0.2) is 0 Å². The molecule has 1 aromatic rings. The number of piperidine rings is 1. The van der Waals surface area contributed by atoms with Crippen LogP contribution in [0, 0.1) is 0 Å². The minimum atomic E-state index is -0.199. The van der Waals surface area contributed by atoms with Crippen LogP contribution in [0.1, 0.15) is 24.8 Å². The number of pyridine rings is 1. The Morgan fingerprint density at radius 2 is 2.05 bits per heavy atom. The van der Waals surface area contributed by atoms with Gasteiger partial charge in [-0.25, -0.2) is 0 Å². The Morgan fingerprint density at radius 1 is 1.21 bits per heavy atom. The number of rotatable bonds is 3. The third kappa shape index (κ3) is 3.14. The van der Waals surface area contributed by atoms with E-state index in [1.165, 1.54) is 24.8 Å². The molecule has 0 aromatic carbocycles. The van der Waals surface area contributed by atoms with E-state index < -0.39 is 0 Å². The first-order chi connectivity index (χ1) is 9.33. The monoisotopic (exact) mass is 261 g/mol. The molecule has 2 atom stereocenters. The second-order valence-electron chi connectivity index (χ2n) is 5.79. The van der Waals surface area contributed by atoms with Gasteiger partial charge < -0.3 is 5.11 Å². The highest BCUT2D eigenvalue weighted by Gasteiger charge is 2.35. The molecule has 0 radical (unpaired) electrons. The molecule has 19 heavy (non-hydrogen) atoms.